The minimum atomic E-state index is -5.17. The maximum absolute atomic E-state index is 8.52. The summed E-state index contributed by atoms with van der Waals surface area (Å²) in [6.45, 7) is 0. The van der Waals surface area contributed by atoms with Crippen LogP contribution in [0.5, 0.6) is 0 Å². The third-order valence-corrected chi connectivity index (χ3v) is 0. The fraction of sp³-hybridized carbons (Fsp3) is 0. The Bertz CT molecular complexity index is 208. The molecular formula is CO8S2. The molecule has 0 aliphatic heterocycles. The van der Waals surface area contributed by atoms with Crippen molar-refractivity contribution < 1.29 is 35.0 Å². The van der Waals surface area contributed by atoms with Gasteiger partial charge < -0.3 is 18.2 Å². The molecule has 0 heterocycles. The largest absolute Gasteiger partial charge is 4.00 e. The van der Waals surface area contributed by atoms with Crippen molar-refractivity contribution >= 4 is 20.8 Å². The number of hydrogen-bond donors (Lipinski definition) is 0. The first-order chi connectivity index (χ1) is 4.00. The van der Waals surface area contributed by atoms with Crippen LogP contribution in [0.25, 0.3) is 0 Å². The van der Waals surface area contributed by atoms with E-state index in [1.807, 2.05) is 0 Å². The molecule has 64 valence electrons. The molecule has 0 radical (unpaired) electrons. The van der Waals surface area contributed by atoms with Gasteiger partial charge >= 0.3 is 7.43 Å². The van der Waals surface area contributed by atoms with Gasteiger partial charge in [0.2, 0.25) is 0 Å². The number of hydrogen-bond acceptors (Lipinski definition) is 8. The van der Waals surface area contributed by atoms with Gasteiger partial charge in [0.15, 0.2) is 0 Å². The molecule has 0 atom stereocenters. The predicted molar refractivity (Wildman–Crippen MR) is 24.2 cm³/mol. The van der Waals surface area contributed by atoms with Crippen molar-refractivity contribution in [3.8, 4) is 0 Å². The Morgan fingerprint density at radius 2 is 0.636 bits per heavy atom. The molecule has 8 nitrogen and oxygen atoms in total. The zero-order valence-electron chi connectivity index (χ0n) is 4.58. The van der Waals surface area contributed by atoms with E-state index in [-0.39, 0.29) is 7.43 Å². The summed E-state index contributed by atoms with van der Waals surface area (Å²) in [6.07, 6.45) is 0. The van der Waals surface area contributed by atoms with Crippen LogP contribution in [0, 0.1) is 7.43 Å². The average Bonchev–Trinajstić information content (AvgIpc) is 1.12. The molecule has 0 rings (SSSR count). The Hall–Kier alpha value is -0.260. The molecular weight excluding hydrogens is 204 g/mol. The molecule has 0 bridgehead atoms. The van der Waals surface area contributed by atoms with E-state index >= 15 is 0 Å². The molecule has 0 amide bonds. The van der Waals surface area contributed by atoms with E-state index in [2.05, 4.69) is 0 Å². The second-order valence-electron chi connectivity index (χ2n) is 0.816. The molecule has 0 aliphatic rings. The van der Waals surface area contributed by atoms with Gasteiger partial charge in [0.05, 0.1) is 0 Å². The summed E-state index contributed by atoms with van der Waals surface area (Å²) >= 11 is 0. The van der Waals surface area contributed by atoms with E-state index in [0.29, 0.717) is 0 Å². The van der Waals surface area contributed by atoms with Crippen LogP contribution in [0.15, 0.2) is 0 Å². The smallest absolute Gasteiger partial charge is 0.759 e. The summed E-state index contributed by atoms with van der Waals surface area (Å²) in [6, 6.07) is 0. The van der Waals surface area contributed by atoms with E-state index in [1.165, 1.54) is 0 Å². The van der Waals surface area contributed by atoms with Gasteiger partial charge in [-0.1, -0.05) is 0 Å². The predicted octanol–water partition coefficient (Wildman–Crippen LogP) is -2.59. The van der Waals surface area contributed by atoms with Crippen molar-refractivity contribution in [2.24, 2.45) is 0 Å². The molecule has 10 heteroatoms. The van der Waals surface area contributed by atoms with Gasteiger partial charge in [0, 0.05) is 20.8 Å². The van der Waals surface area contributed by atoms with Crippen LogP contribution in [0.4, 0.5) is 0 Å². The molecule has 0 aromatic rings. The van der Waals surface area contributed by atoms with Crippen LogP contribution in [0.2, 0.25) is 0 Å². The third-order valence-electron chi connectivity index (χ3n) is 0. The van der Waals surface area contributed by atoms with Crippen LogP contribution < -0.4 is 0 Å². The Balaban J connectivity index is -0.000000107. The normalized spacial score (nSPS) is 10.5. The minimum Gasteiger partial charge on any atom is -0.759 e. The van der Waals surface area contributed by atoms with Gasteiger partial charge in [0.25, 0.3) is 0 Å². The Kier molecular flexibility index (Phi) is 8.35. The Morgan fingerprint density at radius 3 is 0.636 bits per heavy atom. The summed E-state index contributed by atoms with van der Waals surface area (Å²) in [5.41, 5.74) is 0. The van der Waals surface area contributed by atoms with Crippen LogP contribution >= 0.6 is 0 Å². The molecule has 0 saturated carbocycles. The van der Waals surface area contributed by atoms with E-state index in [1.54, 1.807) is 0 Å². The monoisotopic (exact) mass is 204 g/mol. The van der Waals surface area contributed by atoms with Crippen LogP contribution in [0.3, 0.4) is 0 Å². The van der Waals surface area contributed by atoms with Crippen molar-refractivity contribution in [3.05, 3.63) is 7.43 Å². The molecule has 11 heavy (non-hydrogen) atoms. The second-order valence-corrected chi connectivity index (χ2v) is 2.45. The standard InChI is InChI=1S/C.2H2O4S/c;2*1-5(2,3)4/h;2*(H2,1,2,3,4)/q+4;;/p-4. The summed E-state index contributed by atoms with van der Waals surface area (Å²) in [5.74, 6) is 0. The molecule has 0 N–H and O–H groups in total. The van der Waals surface area contributed by atoms with Gasteiger partial charge in [-0.25, -0.2) is 0 Å². The summed E-state index contributed by atoms with van der Waals surface area (Å²) in [4.78, 5) is 0. The molecule has 0 aromatic carbocycles. The Labute approximate surface area is 64.0 Å². The molecule has 0 aliphatic carbocycles. The first-order valence-corrected chi connectivity index (χ1v) is 4.00. The quantitative estimate of drug-likeness (QED) is 0.306. The van der Waals surface area contributed by atoms with Gasteiger partial charge in [-0.2, -0.15) is 0 Å². The minimum absolute atomic E-state index is 0. The van der Waals surface area contributed by atoms with Crippen LogP contribution in [0.1, 0.15) is 0 Å². The molecule has 0 fully saturated rings. The Morgan fingerprint density at radius 1 is 0.636 bits per heavy atom. The van der Waals surface area contributed by atoms with Crippen LogP contribution in [-0.4, -0.2) is 35.0 Å². The third kappa shape index (κ3) is 8630. The van der Waals surface area contributed by atoms with E-state index in [0.717, 1.165) is 0 Å². The first kappa shape index (κ1) is 17.0. The van der Waals surface area contributed by atoms with Gasteiger partial charge in [-0.15, -0.1) is 0 Å². The van der Waals surface area contributed by atoms with Crippen molar-refractivity contribution in [1.82, 2.24) is 0 Å². The zero-order valence-corrected chi connectivity index (χ0v) is 6.22. The van der Waals surface area contributed by atoms with E-state index in [4.69, 9.17) is 35.0 Å². The fourth-order valence-corrected chi connectivity index (χ4v) is 0. The second kappa shape index (κ2) is 5.40. The first-order valence-electron chi connectivity index (χ1n) is 1.33. The van der Waals surface area contributed by atoms with Crippen molar-refractivity contribution in [3.63, 3.8) is 0 Å². The summed E-state index contributed by atoms with van der Waals surface area (Å²) in [5, 5.41) is 0. The van der Waals surface area contributed by atoms with Gasteiger partial charge in [0.1, 0.15) is 0 Å². The zero-order chi connectivity index (χ0) is 9.00. The van der Waals surface area contributed by atoms with Crippen molar-refractivity contribution in [2.75, 3.05) is 0 Å². The molecule has 0 aromatic heterocycles. The van der Waals surface area contributed by atoms with Crippen LogP contribution in [-0.2, 0) is 20.8 Å². The number of rotatable bonds is 0. The SMILES string of the molecule is O=S(=O)([O-])[O-].O=S(=O)([O-])[O-].[C+4]. The summed E-state index contributed by atoms with van der Waals surface area (Å²) in [7, 11) is -10.3. The van der Waals surface area contributed by atoms with E-state index in [9.17, 15) is 0 Å². The average molecular weight is 204 g/mol. The molecule has 0 spiro atoms. The maximum Gasteiger partial charge on any atom is 4.00 e. The molecule has 0 saturated heterocycles. The topological polar surface area (TPSA) is 161 Å². The van der Waals surface area contributed by atoms with E-state index < -0.39 is 20.8 Å². The fourth-order valence-electron chi connectivity index (χ4n) is 0. The van der Waals surface area contributed by atoms with Crippen molar-refractivity contribution in [1.29, 1.82) is 0 Å². The van der Waals surface area contributed by atoms with Gasteiger partial charge in [-0.05, 0) is 0 Å². The van der Waals surface area contributed by atoms with Crippen molar-refractivity contribution in [2.45, 2.75) is 0 Å². The van der Waals surface area contributed by atoms with Gasteiger partial charge in [-0.3, -0.25) is 16.8 Å². The summed E-state index contributed by atoms with van der Waals surface area (Å²) < 4.78 is 68.2. The molecule has 0 unspecified atom stereocenters. The maximum atomic E-state index is 8.52.